The number of benzene rings is 1. The summed E-state index contributed by atoms with van der Waals surface area (Å²) in [7, 11) is 0. The number of hydrogen-bond donors (Lipinski definition) is 6. The van der Waals surface area contributed by atoms with Crippen LogP contribution in [0.25, 0.3) is 0 Å². The fourth-order valence-electron chi connectivity index (χ4n) is 1.20. The zero-order chi connectivity index (χ0) is 21.2. The number of carboxylic acids is 4. The first-order chi connectivity index (χ1) is 12.6. The predicted octanol–water partition coefficient (Wildman–Crippen LogP) is 0.00640. The second-order valence-electron chi connectivity index (χ2n) is 4.53. The first kappa shape index (κ1) is 26.2. The highest BCUT2D eigenvalue weighted by Crippen LogP contribution is 2.03. The molecule has 0 atom stereocenters. The van der Waals surface area contributed by atoms with E-state index < -0.39 is 23.9 Å². The van der Waals surface area contributed by atoms with Gasteiger partial charge in [0.25, 0.3) is 0 Å². The molecule has 0 fully saturated rings. The van der Waals surface area contributed by atoms with Crippen LogP contribution in [0, 0.1) is 0 Å². The van der Waals surface area contributed by atoms with Crippen LogP contribution in [-0.4, -0.2) is 80.9 Å². The molecular weight excluding hydrogens is 368 g/mol. The largest absolute Gasteiger partial charge is 0.481 e. The molecule has 0 radical (unpaired) electrons. The molecule has 0 heterocycles. The number of carbonyl (C=O) groups is 4. The molecule has 0 aliphatic rings. The van der Waals surface area contributed by atoms with Crippen molar-refractivity contribution in [2.75, 3.05) is 26.4 Å². The van der Waals surface area contributed by atoms with E-state index in [-0.39, 0.29) is 37.2 Å². The molecule has 11 heteroatoms. The fraction of sp³-hybridized carbons (Fsp3) is 0.375. The fourth-order valence-corrected chi connectivity index (χ4v) is 1.20. The summed E-state index contributed by atoms with van der Waals surface area (Å²) in [6, 6.07) is 5.02. The summed E-state index contributed by atoms with van der Waals surface area (Å²) in [5.74, 6) is -4.28. The monoisotopic (exact) mass is 390 g/mol. The van der Waals surface area contributed by atoms with E-state index in [0.29, 0.717) is 13.2 Å². The average molecular weight is 390 g/mol. The van der Waals surface area contributed by atoms with Gasteiger partial charge in [0.1, 0.15) is 0 Å². The van der Waals surface area contributed by atoms with E-state index in [1.807, 2.05) is 0 Å². The van der Waals surface area contributed by atoms with Gasteiger partial charge < -0.3 is 35.4 Å². The first-order valence-electron chi connectivity index (χ1n) is 7.45. The van der Waals surface area contributed by atoms with Crippen LogP contribution in [0.2, 0.25) is 0 Å². The van der Waals surface area contributed by atoms with Gasteiger partial charge in [-0.15, -0.1) is 0 Å². The Bertz CT molecular complexity index is 530. The molecule has 0 saturated carbocycles. The molecule has 1 aromatic carbocycles. The lowest BCUT2D eigenvalue weighted by Gasteiger charge is -1.94. The van der Waals surface area contributed by atoms with Crippen LogP contribution >= 0.6 is 0 Å². The number of hydrogen-bond acceptors (Lipinski definition) is 7. The van der Waals surface area contributed by atoms with Gasteiger partial charge in [0, 0.05) is 0 Å². The minimum Gasteiger partial charge on any atom is -0.481 e. The maximum Gasteiger partial charge on any atom is 0.335 e. The van der Waals surface area contributed by atoms with E-state index in [2.05, 4.69) is 4.74 Å². The molecule has 0 bridgehead atoms. The van der Waals surface area contributed by atoms with Gasteiger partial charge in [0.2, 0.25) is 0 Å². The highest BCUT2D eigenvalue weighted by Gasteiger charge is 2.04. The van der Waals surface area contributed by atoms with Gasteiger partial charge >= 0.3 is 23.9 Å². The maximum absolute atomic E-state index is 10.3. The average Bonchev–Trinajstić information content (AvgIpc) is 2.61. The molecule has 0 aliphatic heterocycles. The van der Waals surface area contributed by atoms with Gasteiger partial charge in [-0.2, -0.15) is 0 Å². The Morgan fingerprint density at radius 3 is 1.15 bits per heavy atom. The Kier molecular flexibility index (Phi) is 16.0. The lowest BCUT2D eigenvalue weighted by atomic mass is 10.1. The summed E-state index contributed by atoms with van der Waals surface area (Å²) < 4.78 is 4.63. The molecule has 1 aromatic rings. The number of aliphatic hydroxyl groups excluding tert-OH is 2. The summed E-state index contributed by atoms with van der Waals surface area (Å²) in [6.07, 6.45) is -0.593. The van der Waals surface area contributed by atoms with Gasteiger partial charge in [0.15, 0.2) is 0 Å². The van der Waals surface area contributed by atoms with Crippen molar-refractivity contribution in [3.63, 3.8) is 0 Å². The molecule has 27 heavy (non-hydrogen) atoms. The minimum absolute atomic E-state index is 0.0278. The smallest absolute Gasteiger partial charge is 0.335 e. The molecule has 0 aliphatic carbocycles. The van der Waals surface area contributed by atoms with Crippen molar-refractivity contribution in [3.8, 4) is 0 Å². The van der Waals surface area contributed by atoms with Crippen LogP contribution < -0.4 is 0 Å². The maximum atomic E-state index is 10.3. The highest BCUT2D eigenvalue weighted by atomic mass is 16.5. The molecule has 0 amide bonds. The number of carboxylic acid groups (broad SMARTS) is 4. The van der Waals surface area contributed by atoms with E-state index in [1.54, 1.807) is 0 Å². The van der Waals surface area contributed by atoms with Gasteiger partial charge in [-0.25, -0.2) is 9.59 Å². The summed E-state index contributed by atoms with van der Waals surface area (Å²) in [4.78, 5) is 40.0. The van der Waals surface area contributed by atoms with E-state index in [9.17, 15) is 19.2 Å². The molecule has 0 saturated heterocycles. The molecule has 1 rings (SSSR count). The molecule has 0 aromatic heterocycles. The highest BCUT2D eigenvalue weighted by molar-refractivity contribution is 5.91. The first-order valence-corrected chi connectivity index (χ1v) is 7.45. The molecule has 0 unspecified atom stereocenters. The number of aliphatic hydroxyl groups is 2. The summed E-state index contributed by atoms with van der Waals surface area (Å²) in [5.41, 5.74) is 0.167. The Labute approximate surface area is 154 Å². The standard InChI is InChI=1S/C8H6O4.C4H6O4.C4H10O3/c9-7(10)5-1-2-6(4-3-5)8(11)12;5-3(6)1-2-4(7)8;5-1-3-7-4-2-6/h1-4H,(H,9,10)(H,11,12);1-2H2,(H,5,6)(H,7,8);5-6H,1-4H2. The van der Waals surface area contributed by atoms with Crippen molar-refractivity contribution in [1.82, 2.24) is 0 Å². The second-order valence-corrected chi connectivity index (χ2v) is 4.53. The third-order valence-electron chi connectivity index (χ3n) is 2.40. The van der Waals surface area contributed by atoms with Crippen molar-refractivity contribution in [2.24, 2.45) is 0 Å². The molecular formula is C16H22O11. The van der Waals surface area contributed by atoms with Crippen LogP contribution in [0.15, 0.2) is 24.3 Å². The van der Waals surface area contributed by atoms with Gasteiger partial charge in [0.05, 0.1) is 50.4 Å². The lowest BCUT2D eigenvalue weighted by molar-refractivity contribution is -0.143. The van der Waals surface area contributed by atoms with Crippen LogP contribution in [0.1, 0.15) is 33.6 Å². The Morgan fingerprint density at radius 1 is 0.667 bits per heavy atom. The van der Waals surface area contributed by atoms with Crippen LogP contribution in [-0.2, 0) is 14.3 Å². The normalized spacial score (nSPS) is 9.11. The minimum atomic E-state index is -1.08. The van der Waals surface area contributed by atoms with Crippen LogP contribution in [0.5, 0.6) is 0 Å². The zero-order valence-electron chi connectivity index (χ0n) is 14.3. The van der Waals surface area contributed by atoms with Crippen molar-refractivity contribution >= 4 is 23.9 Å². The van der Waals surface area contributed by atoms with E-state index >= 15 is 0 Å². The summed E-state index contributed by atoms with van der Waals surface area (Å²) in [5, 5.41) is 48.9. The van der Waals surface area contributed by atoms with Crippen LogP contribution in [0.4, 0.5) is 0 Å². The molecule has 0 spiro atoms. The van der Waals surface area contributed by atoms with E-state index in [0.717, 1.165) is 0 Å². The van der Waals surface area contributed by atoms with Crippen molar-refractivity contribution in [1.29, 1.82) is 0 Å². The molecule has 11 nitrogen and oxygen atoms in total. The van der Waals surface area contributed by atoms with Crippen molar-refractivity contribution in [3.05, 3.63) is 35.4 Å². The van der Waals surface area contributed by atoms with Crippen molar-refractivity contribution in [2.45, 2.75) is 12.8 Å². The number of ether oxygens (including phenoxy) is 1. The predicted molar refractivity (Wildman–Crippen MR) is 89.9 cm³/mol. The third kappa shape index (κ3) is 17.6. The third-order valence-corrected chi connectivity index (χ3v) is 2.40. The zero-order valence-corrected chi connectivity index (χ0v) is 14.3. The van der Waals surface area contributed by atoms with E-state index in [1.165, 1.54) is 24.3 Å². The van der Waals surface area contributed by atoms with Crippen LogP contribution in [0.3, 0.4) is 0 Å². The Hall–Kier alpha value is -3.02. The SMILES string of the molecule is O=C(O)CCC(=O)O.O=C(O)c1ccc(C(=O)O)cc1.OCCOCCO. The number of aliphatic carboxylic acids is 2. The Morgan fingerprint density at radius 2 is 0.963 bits per heavy atom. The lowest BCUT2D eigenvalue weighted by Crippen LogP contribution is -2.03. The quantitative estimate of drug-likeness (QED) is 0.310. The summed E-state index contributed by atoms with van der Waals surface area (Å²) >= 11 is 0. The number of aromatic carboxylic acids is 2. The Balaban J connectivity index is 0. The second kappa shape index (κ2) is 16.4. The van der Waals surface area contributed by atoms with Gasteiger partial charge in [-0.05, 0) is 24.3 Å². The van der Waals surface area contributed by atoms with Crippen molar-refractivity contribution < 1.29 is 54.6 Å². The van der Waals surface area contributed by atoms with Gasteiger partial charge in [-0.3, -0.25) is 9.59 Å². The topological polar surface area (TPSA) is 199 Å². The molecule has 6 N–H and O–H groups in total. The molecule has 152 valence electrons. The number of rotatable bonds is 9. The summed E-state index contributed by atoms with van der Waals surface area (Å²) in [6.45, 7) is 0.696. The van der Waals surface area contributed by atoms with Gasteiger partial charge in [-0.1, -0.05) is 0 Å². The van der Waals surface area contributed by atoms with E-state index in [4.69, 9.17) is 30.6 Å².